The summed E-state index contributed by atoms with van der Waals surface area (Å²) in [5, 5.41) is 9.89. The number of aromatic nitrogens is 1. The van der Waals surface area contributed by atoms with Crippen LogP contribution in [0.25, 0.3) is 10.9 Å². The molecule has 0 saturated heterocycles. The largest absolute Gasteiger partial charge is 0.494 e. The number of pyridine rings is 1. The van der Waals surface area contributed by atoms with Crippen LogP contribution >= 0.6 is 0 Å². The minimum Gasteiger partial charge on any atom is -0.494 e. The van der Waals surface area contributed by atoms with Crippen LogP contribution in [0.3, 0.4) is 0 Å². The molecular formula is C30H30FN5O6. The lowest BCUT2D eigenvalue weighted by Gasteiger charge is -2.15. The molecule has 0 atom stereocenters. The molecule has 4 rings (SSSR count). The first-order valence-electron chi connectivity index (χ1n) is 12.8. The van der Waals surface area contributed by atoms with Crippen molar-refractivity contribution in [3.8, 4) is 28.7 Å². The second-order valence-electron chi connectivity index (χ2n) is 9.16. The van der Waals surface area contributed by atoms with Crippen molar-refractivity contribution >= 4 is 39.8 Å². The Labute approximate surface area is 241 Å². The Balaban J connectivity index is 1.57. The zero-order valence-electron chi connectivity index (χ0n) is 23.7. The number of hydrazone groups is 1. The average molecular weight is 576 g/mol. The van der Waals surface area contributed by atoms with Gasteiger partial charge in [-0.15, -0.1) is 0 Å². The molecule has 218 valence electrons. The number of carbonyl (C=O) groups excluding carboxylic acids is 2. The van der Waals surface area contributed by atoms with E-state index in [2.05, 4.69) is 26.1 Å². The van der Waals surface area contributed by atoms with Crippen LogP contribution < -0.4 is 35.0 Å². The molecule has 0 aliphatic carbocycles. The summed E-state index contributed by atoms with van der Waals surface area (Å²) in [6, 6.07) is 15.0. The highest BCUT2D eigenvalue weighted by Crippen LogP contribution is 2.38. The lowest BCUT2D eigenvalue weighted by atomic mass is 10.1. The number of hydrogen-bond acceptors (Lipinski definition) is 9. The summed E-state index contributed by atoms with van der Waals surface area (Å²) in [5.41, 5.74) is 3.48. The summed E-state index contributed by atoms with van der Waals surface area (Å²) >= 11 is 0. The molecule has 0 saturated carbocycles. The number of hydrogen-bond donors (Lipinski definition) is 3. The third-order valence-electron chi connectivity index (χ3n) is 5.82. The number of methoxy groups -OCH3 is 3. The van der Waals surface area contributed by atoms with E-state index >= 15 is 0 Å². The third kappa shape index (κ3) is 7.02. The van der Waals surface area contributed by atoms with E-state index in [1.807, 2.05) is 0 Å². The van der Waals surface area contributed by atoms with Crippen LogP contribution in [-0.4, -0.2) is 49.9 Å². The van der Waals surface area contributed by atoms with E-state index in [-0.39, 0.29) is 17.5 Å². The summed E-state index contributed by atoms with van der Waals surface area (Å²) < 4.78 is 35.7. The lowest BCUT2D eigenvalue weighted by molar-refractivity contribution is -0.114. The summed E-state index contributed by atoms with van der Waals surface area (Å²) in [5.74, 6) is 0.202. The minimum absolute atomic E-state index is 0.150. The van der Waals surface area contributed by atoms with Crippen LogP contribution in [0, 0.1) is 5.82 Å². The number of fused-ring (bicyclic) bond motifs is 1. The van der Waals surface area contributed by atoms with Crippen molar-refractivity contribution in [2.75, 3.05) is 32.0 Å². The molecule has 0 radical (unpaired) electrons. The zero-order valence-corrected chi connectivity index (χ0v) is 23.7. The zero-order chi connectivity index (χ0) is 30.2. The van der Waals surface area contributed by atoms with Crippen molar-refractivity contribution in [1.82, 2.24) is 10.4 Å². The maximum Gasteiger partial charge on any atom is 0.281 e. The van der Waals surface area contributed by atoms with Gasteiger partial charge in [0, 0.05) is 35.4 Å². The van der Waals surface area contributed by atoms with Crippen LogP contribution in [0.2, 0.25) is 0 Å². The molecule has 0 unspecified atom stereocenters. The van der Waals surface area contributed by atoms with E-state index in [0.29, 0.717) is 39.6 Å². The third-order valence-corrected chi connectivity index (χ3v) is 5.82. The van der Waals surface area contributed by atoms with Crippen LogP contribution in [0.5, 0.6) is 28.7 Å². The van der Waals surface area contributed by atoms with E-state index in [0.717, 1.165) is 0 Å². The normalized spacial score (nSPS) is 11.2. The van der Waals surface area contributed by atoms with Gasteiger partial charge in [0.05, 0.1) is 32.5 Å². The Kier molecular flexibility index (Phi) is 9.38. The molecule has 3 N–H and O–H groups in total. The highest BCUT2D eigenvalue weighted by Gasteiger charge is 2.23. The van der Waals surface area contributed by atoms with E-state index < -0.39 is 23.3 Å². The van der Waals surface area contributed by atoms with Gasteiger partial charge in [-0.2, -0.15) is 5.10 Å². The number of benzene rings is 3. The molecule has 11 nitrogen and oxygen atoms in total. The number of rotatable bonds is 11. The minimum atomic E-state index is -0.795. The number of halogens is 1. The number of nitrogens with zero attached hydrogens (tertiary/aromatic N) is 2. The number of ether oxygens (including phenoxy) is 4. The number of carbonyl (C=O) groups is 2. The van der Waals surface area contributed by atoms with Crippen LogP contribution in [0.1, 0.15) is 13.8 Å². The molecule has 0 fully saturated rings. The maximum atomic E-state index is 13.3. The number of nitrogens with one attached hydrogen (secondary N) is 3. The van der Waals surface area contributed by atoms with Gasteiger partial charge in [-0.25, -0.2) is 4.39 Å². The van der Waals surface area contributed by atoms with Crippen molar-refractivity contribution in [1.29, 1.82) is 0 Å². The molecule has 1 aromatic heterocycles. The summed E-state index contributed by atoms with van der Waals surface area (Å²) in [6.07, 6.45) is 1.61. The molecule has 12 heteroatoms. The van der Waals surface area contributed by atoms with E-state index in [1.165, 1.54) is 31.4 Å². The Morgan fingerprint density at radius 1 is 0.810 bits per heavy atom. The lowest BCUT2D eigenvalue weighted by Crippen LogP contribution is -2.37. The topological polar surface area (TPSA) is 132 Å². The van der Waals surface area contributed by atoms with Crippen molar-refractivity contribution in [3.05, 3.63) is 72.7 Å². The Morgan fingerprint density at radius 3 is 2.14 bits per heavy atom. The molecule has 0 bridgehead atoms. The van der Waals surface area contributed by atoms with E-state index in [9.17, 15) is 14.0 Å². The number of anilines is 2. The highest BCUT2D eigenvalue weighted by molar-refractivity contribution is 6.69. The van der Waals surface area contributed by atoms with Crippen molar-refractivity contribution in [2.24, 2.45) is 5.10 Å². The predicted molar refractivity (Wildman–Crippen MR) is 157 cm³/mol. The standard InChI is InChI=1S/C30H30FN5O6/c1-17(2)35-36-28(29(37)33-19-8-6-18(31)7-9-19)30(38)34-22-11-10-20(14-25(22)39-3)42-24-12-13-32-23-16-27(41-5)26(40-4)15-21(23)24/h6-17,35H,1-5H3,(H,33,37)(H,34,38)/b36-28+. The van der Waals surface area contributed by atoms with Crippen molar-refractivity contribution < 1.29 is 32.9 Å². The molecule has 1 heterocycles. The SMILES string of the molecule is COc1cc(Oc2ccnc3cc(OC)c(OC)cc23)ccc1NC(=O)/C(=N/NC(C)C)C(=O)Nc1ccc(F)cc1. The van der Waals surface area contributed by atoms with Gasteiger partial charge in [0.2, 0.25) is 5.71 Å². The first kappa shape index (κ1) is 29.6. The van der Waals surface area contributed by atoms with Gasteiger partial charge in [0.15, 0.2) is 11.5 Å². The van der Waals surface area contributed by atoms with Gasteiger partial charge < -0.3 is 35.0 Å². The van der Waals surface area contributed by atoms with Gasteiger partial charge in [0.25, 0.3) is 11.8 Å². The molecule has 0 aliphatic rings. The maximum absolute atomic E-state index is 13.3. The summed E-state index contributed by atoms with van der Waals surface area (Å²) in [6.45, 7) is 3.61. The summed E-state index contributed by atoms with van der Waals surface area (Å²) in [4.78, 5) is 30.5. The fraction of sp³-hybridized carbons (Fsp3) is 0.200. The fourth-order valence-electron chi connectivity index (χ4n) is 3.81. The van der Waals surface area contributed by atoms with Crippen LogP contribution in [0.15, 0.2) is 72.0 Å². The van der Waals surface area contributed by atoms with Crippen molar-refractivity contribution in [2.45, 2.75) is 19.9 Å². The smallest absolute Gasteiger partial charge is 0.281 e. The highest BCUT2D eigenvalue weighted by atomic mass is 19.1. The molecule has 3 aromatic carbocycles. The molecule has 42 heavy (non-hydrogen) atoms. The molecule has 0 spiro atoms. The quantitative estimate of drug-likeness (QED) is 0.128. The van der Waals surface area contributed by atoms with Crippen molar-refractivity contribution in [3.63, 3.8) is 0 Å². The van der Waals surface area contributed by atoms with E-state index in [1.54, 1.807) is 70.7 Å². The fourth-order valence-corrected chi connectivity index (χ4v) is 3.81. The van der Waals surface area contributed by atoms with Gasteiger partial charge in [-0.05, 0) is 62.4 Å². The molecule has 0 aliphatic heterocycles. The number of amides is 2. The molecular weight excluding hydrogens is 545 g/mol. The van der Waals surface area contributed by atoms with Crippen LogP contribution in [0.4, 0.5) is 15.8 Å². The Bertz CT molecular complexity index is 1630. The first-order valence-corrected chi connectivity index (χ1v) is 12.8. The molecule has 2 amide bonds. The van der Waals surface area contributed by atoms with Gasteiger partial charge in [-0.3, -0.25) is 14.6 Å². The first-order chi connectivity index (χ1) is 20.2. The average Bonchev–Trinajstić information content (AvgIpc) is 2.98. The van der Waals surface area contributed by atoms with Crippen LogP contribution in [-0.2, 0) is 9.59 Å². The monoisotopic (exact) mass is 575 g/mol. The Morgan fingerprint density at radius 2 is 1.48 bits per heavy atom. The van der Waals surface area contributed by atoms with Gasteiger partial charge >= 0.3 is 0 Å². The van der Waals surface area contributed by atoms with Gasteiger partial charge in [0.1, 0.15) is 23.1 Å². The summed E-state index contributed by atoms with van der Waals surface area (Å²) in [7, 11) is 4.52. The second-order valence-corrected chi connectivity index (χ2v) is 9.16. The molecule has 4 aromatic rings. The second kappa shape index (κ2) is 13.3. The van der Waals surface area contributed by atoms with Gasteiger partial charge in [-0.1, -0.05) is 0 Å². The van der Waals surface area contributed by atoms with E-state index in [4.69, 9.17) is 18.9 Å². The predicted octanol–water partition coefficient (Wildman–Crippen LogP) is 5.12. The Hall–Kier alpha value is -5.39.